The van der Waals surface area contributed by atoms with Crippen molar-refractivity contribution in [3.63, 3.8) is 0 Å². The summed E-state index contributed by atoms with van der Waals surface area (Å²) in [7, 11) is 0. The lowest BCUT2D eigenvalue weighted by Gasteiger charge is -2.33. The molecule has 3 heteroatoms. The van der Waals surface area contributed by atoms with E-state index >= 15 is 0 Å². The zero-order valence-corrected chi connectivity index (χ0v) is 11.0. The molecule has 1 amide bonds. The van der Waals surface area contributed by atoms with Crippen molar-refractivity contribution in [1.29, 1.82) is 0 Å². The van der Waals surface area contributed by atoms with Gasteiger partial charge in [-0.1, -0.05) is 24.3 Å². The number of nitrogens with two attached hydrogens (primary N) is 1. The van der Waals surface area contributed by atoms with Crippen LogP contribution in [0, 0.1) is 11.8 Å². The van der Waals surface area contributed by atoms with Crippen molar-refractivity contribution < 1.29 is 4.79 Å². The van der Waals surface area contributed by atoms with E-state index in [9.17, 15) is 4.79 Å². The molecule has 0 saturated heterocycles. The van der Waals surface area contributed by atoms with Crippen molar-refractivity contribution in [2.24, 2.45) is 17.6 Å². The van der Waals surface area contributed by atoms with Crippen LogP contribution in [0.1, 0.15) is 36.3 Å². The fourth-order valence-electron chi connectivity index (χ4n) is 4.00. The molecule has 3 unspecified atom stereocenters. The standard InChI is InChI=1S/C16H20N2O/c17-10-7-11(8-10)18-16(19)15-13-6-5-9-3-1-2-4-12(9)14(13)15/h1-4,10-11,13-15H,5-8,17H2,(H,18,19). The molecule has 1 aromatic rings. The van der Waals surface area contributed by atoms with Crippen molar-refractivity contribution in [3.05, 3.63) is 35.4 Å². The molecule has 0 heterocycles. The van der Waals surface area contributed by atoms with Gasteiger partial charge in [-0.15, -0.1) is 0 Å². The fourth-order valence-corrected chi connectivity index (χ4v) is 4.00. The molecule has 3 aliphatic carbocycles. The third-order valence-electron chi connectivity index (χ3n) is 5.15. The highest BCUT2D eigenvalue weighted by atomic mass is 16.2. The van der Waals surface area contributed by atoms with Gasteiger partial charge in [0.25, 0.3) is 0 Å². The number of hydrogen-bond donors (Lipinski definition) is 2. The van der Waals surface area contributed by atoms with Crippen LogP contribution in [-0.2, 0) is 11.2 Å². The Balaban J connectivity index is 1.46. The Morgan fingerprint density at radius 1 is 1.26 bits per heavy atom. The smallest absolute Gasteiger partial charge is 0.224 e. The monoisotopic (exact) mass is 256 g/mol. The first-order valence-electron chi connectivity index (χ1n) is 7.38. The molecule has 100 valence electrons. The quantitative estimate of drug-likeness (QED) is 0.844. The van der Waals surface area contributed by atoms with Crippen molar-refractivity contribution >= 4 is 5.91 Å². The second-order valence-electron chi connectivity index (χ2n) is 6.39. The molecular formula is C16H20N2O. The summed E-state index contributed by atoms with van der Waals surface area (Å²) in [6.45, 7) is 0. The zero-order valence-electron chi connectivity index (χ0n) is 11.0. The van der Waals surface area contributed by atoms with E-state index in [1.165, 1.54) is 17.5 Å². The topological polar surface area (TPSA) is 55.1 Å². The van der Waals surface area contributed by atoms with Crippen LogP contribution in [-0.4, -0.2) is 18.0 Å². The molecule has 2 fully saturated rings. The molecule has 3 atom stereocenters. The third kappa shape index (κ3) is 1.79. The zero-order chi connectivity index (χ0) is 13.0. The number of aryl methyl sites for hydroxylation is 1. The maximum Gasteiger partial charge on any atom is 0.224 e. The molecule has 0 bridgehead atoms. The Kier molecular flexibility index (Phi) is 2.46. The van der Waals surface area contributed by atoms with Gasteiger partial charge in [-0.3, -0.25) is 4.79 Å². The maximum absolute atomic E-state index is 12.3. The van der Waals surface area contributed by atoms with Crippen LogP contribution in [0.4, 0.5) is 0 Å². The maximum atomic E-state index is 12.3. The Morgan fingerprint density at radius 3 is 2.84 bits per heavy atom. The molecule has 0 aliphatic heterocycles. The molecular weight excluding hydrogens is 236 g/mol. The molecule has 0 radical (unpaired) electrons. The Labute approximate surface area is 113 Å². The number of nitrogens with one attached hydrogen (secondary N) is 1. The van der Waals surface area contributed by atoms with Gasteiger partial charge in [-0.25, -0.2) is 0 Å². The lowest BCUT2D eigenvalue weighted by Crippen LogP contribution is -2.50. The predicted molar refractivity (Wildman–Crippen MR) is 73.6 cm³/mol. The van der Waals surface area contributed by atoms with Gasteiger partial charge in [-0.05, 0) is 48.6 Å². The van der Waals surface area contributed by atoms with Gasteiger partial charge >= 0.3 is 0 Å². The van der Waals surface area contributed by atoms with Crippen LogP contribution in [0.3, 0.4) is 0 Å². The minimum atomic E-state index is 0.223. The summed E-state index contributed by atoms with van der Waals surface area (Å²) in [5.41, 5.74) is 8.63. The number of carbonyl (C=O) groups is 1. The molecule has 3 N–H and O–H groups in total. The Bertz CT molecular complexity index is 521. The summed E-state index contributed by atoms with van der Waals surface area (Å²) < 4.78 is 0. The molecule has 1 aromatic carbocycles. The van der Waals surface area contributed by atoms with E-state index in [0.29, 0.717) is 23.9 Å². The van der Waals surface area contributed by atoms with E-state index < -0.39 is 0 Å². The first-order chi connectivity index (χ1) is 9.24. The van der Waals surface area contributed by atoms with E-state index in [-0.39, 0.29) is 11.8 Å². The van der Waals surface area contributed by atoms with E-state index in [2.05, 4.69) is 29.6 Å². The van der Waals surface area contributed by atoms with E-state index in [1.54, 1.807) is 0 Å². The van der Waals surface area contributed by atoms with Crippen molar-refractivity contribution in [1.82, 2.24) is 5.32 Å². The third-order valence-corrected chi connectivity index (χ3v) is 5.15. The van der Waals surface area contributed by atoms with Crippen LogP contribution >= 0.6 is 0 Å². The summed E-state index contributed by atoms with van der Waals surface area (Å²) in [6.07, 6.45) is 4.20. The lowest BCUT2D eigenvalue weighted by atomic mass is 9.87. The van der Waals surface area contributed by atoms with Gasteiger partial charge in [0.2, 0.25) is 5.91 Å². The van der Waals surface area contributed by atoms with Crippen molar-refractivity contribution in [3.8, 4) is 0 Å². The molecule has 19 heavy (non-hydrogen) atoms. The Morgan fingerprint density at radius 2 is 2.05 bits per heavy atom. The second-order valence-corrected chi connectivity index (χ2v) is 6.39. The summed E-state index contributed by atoms with van der Waals surface area (Å²) in [5, 5.41) is 3.18. The second kappa shape index (κ2) is 4.07. The van der Waals surface area contributed by atoms with Crippen LogP contribution in [0.5, 0.6) is 0 Å². The molecule has 0 spiro atoms. The minimum Gasteiger partial charge on any atom is -0.353 e. The molecule has 3 aliphatic rings. The van der Waals surface area contributed by atoms with Crippen molar-refractivity contribution in [2.75, 3.05) is 0 Å². The average Bonchev–Trinajstić information content (AvgIpc) is 3.11. The minimum absolute atomic E-state index is 0.223. The van der Waals surface area contributed by atoms with Crippen molar-refractivity contribution in [2.45, 2.75) is 43.7 Å². The predicted octanol–water partition coefficient (Wildman–Crippen LogP) is 1.57. The first-order valence-corrected chi connectivity index (χ1v) is 7.38. The number of hydrogen-bond acceptors (Lipinski definition) is 2. The summed E-state index contributed by atoms with van der Waals surface area (Å²) in [4.78, 5) is 12.3. The molecule has 3 nitrogen and oxygen atoms in total. The number of benzene rings is 1. The van der Waals surface area contributed by atoms with E-state index in [1.807, 2.05) is 0 Å². The van der Waals surface area contributed by atoms with Gasteiger partial charge in [0, 0.05) is 18.0 Å². The SMILES string of the molecule is NC1CC(NC(=O)C2C3CCc4ccccc4C32)C1. The number of carbonyl (C=O) groups excluding carboxylic acids is 1. The normalized spacial score (nSPS) is 38.7. The fraction of sp³-hybridized carbons (Fsp3) is 0.562. The average molecular weight is 256 g/mol. The highest BCUT2D eigenvalue weighted by Gasteiger charge is 2.57. The molecule has 0 aromatic heterocycles. The van der Waals surface area contributed by atoms with E-state index in [0.717, 1.165) is 19.3 Å². The number of fused-ring (bicyclic) bond motifs is 3. The van der Waals surface area contributed by atoms with Crippen LogP contribution in [0.25, 0.3) is 0 Å². The highest BCUT2D eigenvalue weighted by Crippen LogP contribution is 2.59. The molecule has 2 saturated carbocycles. The highest BCUT2D eigenvalue weighted by molar-refractivity contribution is 5.84. The largest absolute Gasteiger partial charge is 0.353 e. The van der Waals surface area contributed by atoms with Crippen LogP contribution < -0.4 is 11.1 Å². The summed E-state index contributed by atoms with van der Waals surface area (Å²) in [6, 6.07) is 9.25. The van der Waals surface area contributed by atoms with Crippen LogP contribution in [0.15, 0.2) is 24.3 Å². The summed E-state index contributed by atoms with van der Waals surface area (Å²) in [5.74, 6) is 1.56. The van der Waals surface area contributed by atoms with Gasteiger partial charge in [0.05, 0.1) is 0 Å². The van der Waals surface area contributed by atoms with Gasteiger partial charge in [0.15, 0.2) is 0 Å². The number of rotatable bonds is 2. The summed E-state index contributed by atoms with van der Waals surface area (Å²) >= 11 is 0. The van der Waals surface area contributed by atoms with Gasteiger partial charge < -0.3 is 11.1 Å². The molecule has 4 rings (SSSR count). The van der Waals surface area contributed by atoms with Gasteiger partial charge in [0.1, 0.15) is 0 Å². The first kappa shape index (κ1) is 11.5. The lowest BCUT2D eigenvalue weighted by molar-refractivity contribution is -0.124. The van der Waals surface area contributed by atoms with Gasteiger partial charge in [-0.2, -0.15) is 0 Å². The number of amides is 1. The van der Waals surface area contributed by atoms with E-state index in [4.69, 9.17) is 5.73 Å². The Hall–Kier alpha value is -1.35. The van der Waals surface area contributed by atoms with Crippen LogP contribution in [0.2, 0.25) is 0 Å².